The SMILES string of the molecule is Cc1ccc(C)c(S(=O)(=O)N2CC(C)C(C)C2)c1N. The first-order chi connectivity index (χ1) is 8.75. The van der Waals surface area contributed by atoms with Gasteiger partial charge in [-0.05, 0) is 36.8 Å². The van der Waals surface area contributed by atoms with Crippen LogP contribution >= 0.6 is 0 Å². The summed E-state index contributed by atoms with van der Waals surface area (Å²) >= 11 is 0. The average molecular weight is 282 g/mol. The van der Waals surface area contributed by atoms with Crippen molar-refractivity contribution in [3.63, 3.8) is 0 Å². The van der Waals surface area contributed by atoms with Gasteiger partial charge in [0.15, 0.2) is 0 Å². The zero-order chi connectivity index (χ0) is 14.4. The molecule has 1 fully saturated rings. The second kappa shape index (κ2) is 4.80. The molecule has 2 atom stereocenters. The minimum atomic E-state index is -3.48. The minimum Gasteiger partial charge on any atom is -0.397 e. The number of nitrogens with two attached hydrogens (primary N) is 1. The lowest BCUT2D eigenvalue weighted by atomic mass is 10.0. The third-order valence-corrected chi connectivity index (χ3v) is 6.20. The maximum Gasteiger partial charge on any atom is 0.245 e. The van der Waals surface area contributed by atoms with E-state index in [0.717, 1.165) is 11.1 Å². The van der Waals surface area contributed by atoms with E-state index in [4.69, 9.17) is 5.73 Å². The standard InChI is InChI=1S/C14H22N2O2S/c1-9-5-6-10(2)14(13(9)15)19(17,18)16-7-11(3)12(4)8-16/h5-6,11-12H,7-8,15H2,1-4H3. The summed E-state index contributed by atoms with van der Waals surface area (Å²) < 4.78 is 27.1. The molecule has 1 aliphatic rings. The van der Waals surface area contributed by atoms with Crippen molar-refractivity contribution in [2.45, 2.75) is 32.6 Å². The number of hydrogen-bond acceptors (Lipinski definition) is 3. The van der Waals surface area contributed by atoms with Gasteiger partial charge < -0.3 is 5.73 Å². The van der Waals surface area contributed by atoms with E-state index in [-0.39, 0.29) is 4.90 Å². The van der Waals surface area contributed by atoms with E-state index in [1.54, 1.807) is 11.2 Å². The van der Waals surface area contributed by atoms with Gasteiger partial charge in [0.05, 0.1) is 5.69 Å². The van der Waals surface area contributed by atoms with E-state index in [0.29, 0.717) is 30.6 Å². The molecule has 0 amide bonds. The van der Waals surface area contributed by atoms with Gasteiger partial charge in [-0.2, -0.15) is 4.31 Å². The third-order valence-electron chi connectivity index (χ3n) is 4.16. The van der Waals surface area contributed by atoms with Gasteiger partial charge in [0.2, 0.25) is 10.0 Å². The maximum atomic E-state index is 12.8. The molecule has 0 spiro atoms. The summed E-state index contributed by atoms with van der Waals surface area (Å²) in [5, 5.41) is 0. The first kappa shape index (κ1) is 14.3. The fraction of sp³-hybridized carbons (Fsp3) is 0.571. The number of anilines is 1. The van der Waals surface area contributed by atoms with Crippen LogP contribution in [0.3, 0.4) is 0 Å². The Morgan fingerprint density at radius 1 is 1.11 bits per heavy atom. The van der Waals surface area contributed by atoms with E-state index in [1.807, 2.05) is 19.1 Å². The van der Waals surface area contributed by atoms with Gasteiger partial charge in [0, 0.05) is 13.1 Å². The van der Waals surface area contributed by atoms with Crippen LogP contribution in [0.4, 0.5) is 5.69 Å². The lowest BCUT2D eigenvalue weighted by Gasteiger charge is -2.20. The summed E-state index contributed by atoms with van der Waals surface area (Å²) in [5.74, 6) is 0.780. The molecule has 2 unspecified atom stereocenters. The van der Waals surface area contributed by atoms with Crippen molar-refractivity contribution in [1.29, 1.82) is 0 Å². The Balaban J connectivity index is 2.50. The van der Waals surface area contributed by atoms with Crippen molar-refractivity contribution >= 4 is 15.7 Å². The molecule has 0 aliphatic carbocycles. The first-order valence-electron chi connectivity index (χ1n) is 6.61. The Bertz CT molecular complexity index is 586. The molecule has 2 rings (SSSR count). The highest BCUT2D eigenvalue weighted by molar-refractivity contribution is 7.89. The molecule has 2 N–H and O–H groups in total. The van der Waals surface area contributed by atoms with E-state index in [9.17, 15) is 8.42 Å². The van der Waals surface area contributed by atoms with Crippen LogP contribution in [0.2, 0.25) is 0 Å². The molecule has 5 heteroatoms. The summed E-state index contributed by atoms with van der Waals surface area (Å²) in [5.41, 5.74) is 7.91. The fourth-order valence-corrected chi connectivity index (χ4v) is 4.59. The van der Waals surface area contributed by atoms with Crippen molar-refractivity contribution in [1.82, 2.24) is 4.31 Å². The molecule has 1 saturated heterocycles. The molecule has 106 valence electrons. The second-order valence-electron chi connectivity index (χ2n) is 5.72. The van der Waals surface area contributed by atoms with Crippen LogP contribution in [0.1, 0.15) is 25.0 Å². The van der Waals surface area contributed by atoms with E-state index in [2.05, 4.69) is 13.8 Å². The number of rotatable bonds is 2. The molecule has 0 radical (unpaired) electrons. The number of nitrogen functional groups attached to an aromatic ring is 1. The van der Waals surface area contributed by atoms with Crippen LogP contribution < -0.4 is 5.73 Å². The summed E-state index contributed by atoms with van der Waals surface area (Å²) in [7, 11) is -3.48. The molecular weight excluding hydrogens is 260 g/mol. The third kappa shape index (κ3) is 2.37. The Morgan fingerprint density at radius 2 is 1.58 bits per heavy atom. The molecule has 1 aromatic rings. The lowest BCUT2D eigenvalue weighted by molar-refractivity contribution is 0.463. The molecule has 4 nitrogen and oxygen atoms in total. The monoisotopic (exact) mass is 282 g/mol. The minimum absolute atomic E-state index is 0.286. The smallest absolute Gasteiger partial charge is 0.245 e. The van der Waals surface area contributed by atoms with Gasteiger partial charge in [0.1, 0.15) is 4.90 Å². The molecule has 1 aliphatic heterocycles. The van der Waals surface area contributed by atoms with Crippen molar-refractivity contribution in [2.24, 2.45) is 11.8 Å². The number of benzene rings is 1. The van der Waals surface area contributed by atoms with Crippen LogP contribution in [0.25, 0.3) is 0 Å². The molecule has 0 aromatic heterocycles. The predicted octanol–water partition coefficient (Wildman–Crippen LogP) is 2.16. The molecule has 0 saturated carbocycles. The lowest BCUT2D eigenvalue weighted by Crippen LogP contribution is -2.30. The average Bonchev–Trinajstić information content (AvgIpc) is 2.65. The zero-order valence-corrected chi connectivity index (χ0v) is 12.8. The predicted molar refractivity (Wildman–Crippen MR) is 77.4 cm³/mol. The van der Waals surface area contributed by atoms with Crippen LogP contribution in [-0.4, -0.2) is 25.8 Å². The highest BCUT2D eigenvalue weighted by Gasteiger charge is 2.36. The summed E-state index contributed by atoms with van der Waals surface area (Å²) in [6.07, 6.45) is 0. The number of sulfonamides is 1. The summed E-state index contributed by atoms with van der Waals surface area (Å²) in [6.45, 7) is 8.97. The number of hydrogen-bond donors (Lipinski definition) is 1. The first-order valence-corrected chi connectivity index (χ1v) is 8.05. The Kier molecular flexibility index (Phi) is 3.62. The quantitative estimate of drug-likeness (QED) is 0.845. The fourth-order valence-electron chi connectivity index (χ4n) is 2.55. The molecule has 1 aromatic carbocycles. The van der Waals surface area contributed by atoms with Gasteiger partial charge in [-0.3, -0.25) is 0 Å². The zero-order valence-electron chi connectivity index (χ0n) is 12.0. The highest BCUT2D eigenvalue weighted by Crippen LogP contribution is 2.33. The Morgan fingerprint density at radius 3 is 2.11 bits per heavy atom. The largest absolute Gasteiger partial charge is 0.397 e. The van der Waals surface area contributed by atoms with Gasteiger partial charge in [0.25, 0.3) is 0 Å². The van der Waals surface area contributed by atoms with Gasteiger partial charge in [-0.25, -0.2) is 8.42 Å². The summed E-state index contributed by atoms with van der Waals surface area (Å²) in [4.78, 5) is 0.286. The number of aryl methyl sites for hydroxylation is 2. The molecular formula is C14H22N2O2S. The normalized spacial score (nSPS) is 24.8. The molecule has 19 heavy (non-hydrogen) atoms. The van der Waals surface area contributed by atoms with Crippen LogP contribution in [0.5, 0.6) is 0 Å². The maximum absolute atomic E-state index is 12.8. The van der Waals surface area contributed by atoms with Gasteiger partial charge in [-0.15, -0.1) is 0 Å². The van der Waals surface area contributed by atoms with Gasteiger partial charge in [-0.1, -0.05) is 26.0 Å². The molecule has 1 heterocycles. The molecule has 0 bridgehead atoms. The van der Waals surface area contributed by atoms with E-state index in [1.165, 1.54) is 0 Å². The topological polar surface area (TPSA) is 63.4 Å². The summed E-state index contributed by atoms with van der Waals surface area (Å²) in [6, 6.07) is 3.68. The second-order valence-corrected chi connectivity index (χ2v) is 7.59. The number of nitrogens with zero attached hydrogens (tertiary/aromatic N) is 1. The van der Waals surface area contributed by atoms with E-state index < -0.39 is 10.0 Å². The van der Waals surface area contributed by atoms with Crippen molar-refractivity contribution < 1.29 is 8.42 Å². The van der Waals surface area contributed by atoms with Crippen LogP contribution in [0, 0.1) is 25.7 Å². The Hall–Kier alpha value is -1.07. The van der Waals surface area contributed by atoms with Crippen LogP contribution in [0.15, 0.2) is 17.0 Å². The highest BCUT2D eigenvalue weighted by atomic mass is 32.2. The van der Waals surface area contributed by atoms with Crippen LogP contribution in [-0.2, 0) is 10.0 Å². The van der Waals surface area contributed by atoms with Gasteiger partial charge >= 0.3 is 0 Å². The van der Waals surface area contributed by atoms with Crippen molar-refractivity contribution in [3.05, 3.63) is 23.3 Å². The van der Waals surface area contributed by atoms with Crippen molar-refractivity contribution in [2.75, 3.05) is 18.8 Å². The Labute approximate surface area is 115 Å². The van der Waals surface area contributed by atoms with Crippen molar-refractivity contribution in [3.8, 4) is 0 Å². The van der Waals surface area contributed by atoms with E-state index >= 15 is 0 Å².